The Kier molecular flexibility index (Phi) is 6.28. The van der Waals surface area contributed by atoms with Crippen molar-refractivity contribution in [2.75, 3.05) is 26.8 Å². The summed E-state index contributed by atoms with van der Waals surface area (Å²) in [7, 11) is 4.72. The number of allylic oxidation sites excluding steroid dienone is 1. The first-order chi connectivity index (χ1) is 13.5. The molecule has 1 aliphatic carbocycles. The summed E-state index contributed by atoms with van der Waals surface area (Å²) in [5.41, 5.74) is 3.13. The van der Waals surface area contributed by atoms with Crippen LogP contribution >= 0.6 is 23.2 Å². The molecule has 3 rings (SSSR count). The number of nitrogens with zero attached hydrogens (tertiary/aromatic N) is 2. The van der Waals surface area contributed by atoms with Gasteiger partial charge in [0.15, 0.2) is 17.3 Å². The summed E-state index contributed by atoms with van der Waals surface area (Å²) in [6.07, 6.45) is 5.01. The molecule has 9 heteroatoms. The molecule has 1 heterocycles. The summed E-state index contributed by atoms with van der Waals surface area (Å²) in [6.45, 7) is 0. The maximum absolute atomic E-state index is 10.1. The fraction of sp³-hybridized carbons (Fsp3) is 0.263. The Morgan fingerprint density at radius 1 is 1.18 bits per heavy atom. The number of pyridine rings is 1. The van der Waals surface area contributed by atoms with Gasteiger partial charge in [0.1, 0.15) is 17.4 Å². The molecular formula is C19H19Cl2N3O4. The van der Waals surface area contributed by atoms with Gasteiger partial charge in [-0.3, -0.25) is 5.43 Å². The van der Waals surface area contributed by atoms with Crippen molar-refractivity contribution in [1.82, 2.24) is 4.98 Å². The van der Waals surface area contributed by atoms with Crippen molar-refractivity contribution >= 4 is 46.1 Å². The molecule has 0 aliphatic heterocycles. The minimum absolute atomic E-state index is 0.133. The van der Waals surface area contributed by atoms with Gasteiger partial charge in [-0.15, -0.1) is 0 Å². The monoisotopic (exact) mass is 423 g/mol. The summed E-state index contributed by atoms with van der Waals surface area (Å²) >= 11 is 12.1. The molecule has 2 aromatic rings. The molecule has 0 saturated heterocycles. The Morgan fingerprint density at radius 2 is 1.96 bits per heavy atom. The molecular weight excluding hydrogens is 405 g/mol. The van der Waals surface area contributed by atoms with Crippen LogP contribution in [0.15, 0.2) is 47.0 Å². The fourth-order valence-corrected chi connectivity index (χ4v) is 3.44. The molecule has 1 aromatic heterocycles. The van der Waals surface area contributed by atoms with Gasteiger partial charge < -0.3 is 19.3 Å². The SMILES string of the molecule is COC1=C(OC)C(OC)C(/C=N/Nc2ccc3c(Cl)cc(Cl)c(O)c3n2)C=C1. The number of hydrazone groups is 1. The number of benzene rings is 1. The number of aromatic hydroxyl groups is 1. The highest BCUT2D eigenvalue weighted by Crippen LogP contribution is 2.36. The minimum Gasteiger partial charge on any atom is -0.504 e. The number of methoxy groups -OCH3 is 3. The van der Waals surface area contributed by atoms with E-state index >= 15 is 0 Å². The molecule has 0 saturated carbocycles. The van der Waals surface area contributed by atoms with E-state index in [-0.39, 0.29) is 22.8 Å². The molecule has 2 unspecified atom stereocenters. The van der Waals surface area contributed by atoms with Crippen molar-refractivity contribution in [2.45, 2.75) is 6.10 Å². The molecule has 28 heavy (non-hydrogen) atoms. The van der Waals surface area contributed by atoms with Gasteiger partial charge >= 0.3 is 0 Å². The number of aromatic nitrogens is 1. The van der Waals surface area contributed by atoms with Gasteiger partial charge in [0.05, 0.1) is 24.3 Å². The zero-order valence-electron chi connectivity index (χ0n) is 15.4. The Hall–Kier alpha value is -2.48. The van der Waals surface area contributed by atoms with E-state index in [1.807, 2.05) is 6.08 Å². The lowest BCUT2D eigenvalue weighted by Crippen LogP contribution is -2.29. The van der Waals surface area contributed by atoms with Crippen LogP contribution in [0.4, 0.5) is 5.82 Å². The Balaban J connectivity index is 1.80. The maximum Gasteiger partial charge on any atom is 0.167 e. The van der Waals surface area contributed by atoms with Crippen molar-refractivity contribution in [3.8, 4) is 5.75 Å². The zero-order valence-corrected chi connectivity index (χ0v) is 17.0. The maximum atomic E-state index is 10.1. The van der Waals surface area contributed by atoms with Crippen LogP contribution in [-0.2, 0) is 14.2 Å². The minimum atomic E-state index is -0.373. The fourth-order valence-electron chi connectivity index (χ4n) is 2.93. The number of nitrogens with one attached hydrogen (secondary N) is 1. The van der Waals surface area contributed by atoms with Crippen molar-refractivity contribution in [3.63, 3.8) is 0 Å². The van der Waals surface area contributed by atoms with Crippen LogP contribution in [0.2, 0.25) is 10.0 Å². The van der Waals surface area contributed by atoms with Crippen molar-refractivity contribution in [1.29, 1.82) is 0 Å². The molecule has 7 nitrogen and oxygen atoms in total. The first kappa shape index (κ1) is 20.3. The van der Waals surface area contributed by atoms with E-state index in [0.29, 0.717) is 33.3 Å². The first-order valence-electron chi connectivity index (χ1n) is 8.30. The standard InChI is InChI=1S/C19H19Cl2N3O4/c1-26-14-6-4-10(18(27-2)19(14)28-3)9-22-24-15-7-5-11-12(20)8-13(21)17(25)16(11)23-15/h4-10,18,25H,1-3H3,(H,23,24)/b22-9+. The first-order valence-corrected chi connectivity index (χ1v) is 9.05. The highest BCUT2D eigenvalue weighted by molar-refractivity contribution is 6.39. The quantitative estimate of drug-likeness (QED) is 0.530. The van der Waals surface area contributed by atoms with E-state index in [2.05, 4.69) is 15.5 Å². The normalized spacial score (nSPS) is 19.5. The number of ether oxygens (including phenoxy) is 3. The molecule has 2 N–H and O–H groups in total. The molecule has 0 bridgehead atoms. The number of rotatable bonds is 6. The van der Waals surface area contributed by atoms with Crippen LogP contribution in [0.3, 0.4) is 0 Å². The smallest absolute Gasteiger partial charge is 0.167 e. The average Bonchev–Trinajstić information content (AvgIpc) is 2.71. The second-order valence-corrected chi connectivity index (χ2v) is 6.72. The third kappa shape index (κ3) is 3.87. The average molecular weight is 424 g/mol. The molecule has 148 valence electrons. The van der Waals surface area contributed by atoms with E-state index in [4.69, 9.17) is 37.4 Å². The highest BCUT2D eigenvalue weighted by Gasteiger charge is 2.29. The predicted octanol–water partition coefficient (Wildman–Crippen LogP) is 4.35. The summed E-state index contributed by atoms with van der Waals surface area (Å²) in [6, 6.07) is 4.91. The Bertz CT molecular complexity index is 975. The van der Waals surface area contributed by atoms with Crippen LogP contribution < -0.4 is 5.43 Å². The van der Waals surface area contributed by atoms with Crippen LogP contribution in [0.25, 0.3) is 10.9 Å². The number of phenols is 1. The second kappa shape index (κ2) is 8.68. The van der Waals surface area contributed by atoms with Gasteiger partial charge in [0.25, 0.3) is 0 Å². The second-order valence-electron chi connectivity index (χ2n) is 5.90. The lowest BCUT2D eigenvalue weighted by Gasteiger charge is -2.26. The molecule has 1 aromatic carbocycles. The van der Waals surface area contributed by atoms with E-state index in [1.54, 1.807) is 45.8 Å². The third-order valence-electron chi connectivity index (χ3n) is 4.30. The number of phenolic OH excluding ortho intramolecular Hbond substituents is 1. The number of anilines is 1. The van der Waals surface area contributed by atoms with Crippen molar-refractivity contribution in [3.05, 3.63) is 51.9 Å². The van der Waals surface area contributed by atoms with Gasteiger partial charge in [0.2, 0.25) is 0 Å². The van der Waals surface area contributed by atoms with Crippen LogP contribution in [-0.4, -0.2) is 43.7 Å². The Morgan fingerprint density at radius 3 is 2.64 bits per heavy atom. The van der Waals surface area contributed by atoms with Crippen molar-refractivity contribution in [2.24, 2.45) is 11.0 Å². The number of fused-ring (bicyclic) bond motifs is 1. The van der Waals surface area contributed by atoms with Gasteiger partial charge in [-0.05, 0) is 24.3 Å². The van der Waals surface area contributed by atoms with Crippen molar-refractivity contribution < 1.29 is 19.3 Å². The third-order valence-corrected chi connectivity index (χ3v) is 4.90. The molecule has 0 spiro atoms. The molecule has 1 aliphatic rings. The lowest BCUT2D eigenvalue weighted by atomic mass is 9.96. The van der Waals surface area contributed by atoms with Gasteiger partial charge in [-0.25, -0.2) is 4.98 Å². The van der Waals surface area contributed by atoms with Crippen LogP contribution in [0.5, 0.6) is 5.75 Å². The van der Waals surface area contributed by atoms with E-state index < -0.39 is 0 Å². The van der Waals surface area contributed by atoms with E-state index in [1.165, 1.54) is 6.07 Å². The van der Waals surface area contributed by atoms with Crippen LogP contribution in [0.1, 0.15) is 0 Å². The van der Waals surface area contributed by atoms with Gasteiger partial charge in [-0.2, -0.15) is 5.10 Å². The van der Waals surface area contributed by atoms with Crippen LogP contribution in [0, 0.1) is 5.92 Å². The highest BCUT2D eigenvalue weighted by atomic mass is 35.5. The summed E-state index contributed by atoms with van der Waals surface area (Å²) in [5.74, 6) is 1.30. The summed E-state index contributed by atoms with van der Waals surface area (Å²) < 4.78 is 16.2. The predicted molar refractivity (Wildman–Crippen MR) is 110 cm³/mol. The van der Waals surface area contributed by atoms with Gasteiger partial charge in [-0.1, -0.05) is 29.3 Å². The summed E-state index contributed by atoms with van der Waals surface area (Å²) in [4.78, 5) is 4.33. The molecule has 0 fully saturated rings. The molecule has 2 atom stereocenters. The summed E-state index contributed by atoms with van der Waals surface area (Å²) in [5, 5.41) is 15.5. The van der Waals surface area contributed by atoms with E-state index in [9.17, 15) is 5.11 Å². The van der Waals surface area contributed by atoms with E-state index in [0.717, 1.165) is 0 Å². The topological polar surface area (TPSA) is 85.2 Å². The number of halogens is 2. The largest absolute Gasteiger partial charge is 0.504 e. The Labute approximate surface area is 172 Å². The number of hydrogen-bond acceptors (Lipinski definition) is 7. The van der Waals surface area contributed by atoms with Gasteiger partial charge in [0, 0.05) is 24.6 Å². The molecule has 0 radical (unpaired) electrons. The number of hydrogen-bond donors (Lipinski definition) is 2. The molecule has 0 amide bonds. The zero-order chi connectivity index (χ0) is 20.3. The lowest BCUT2D eigenvalue weighted by molar-refractivity contribution is 0.0546.